The zero-order valence-corrected chi connectivity index (χ0v) is 14.1. The minimum Gasteiger partial charge on any atom is -0.490 e. The molecule has 3 rings (SSSR count). The van der Waals surface area contributed by atoms with Gasteiger partial charge in [0, 0.05) is 11.8 Å². The van der Waals surface area contributed by atoms with Crippen molar-refractivity contribution in [1.29, 1.82) is 0 Å². The highest BCUT2D eigenvalue weighted by Gasteiger charge is 2.19. The van der Waals surface area contributed by atoms with Crippen LogP contribution in [0.25, 0.3) is 5.69 Å². The molecule has 1 aromatic heterocycles. The largest absolute Gasteiger partial charge is 0.490 e. The van der Waals surface area contributed by atoms with E-state index in [0.717, 1.165) is 22.5 Å². The van der Waals surface area contributed by atoms with Crippen molar-refractivity contribution in [2.75, 3.05) is 0 Å². The Kier molecular flexibility index (Phi) is 4.34. The van der Waals surface area contributed by atoms with Crippen LogP contribution in [0.1, 0.15) is 38.8 Å². The predicted octanol–water partition coefficient (Wildman–Crippen LogP) is 4.76. The molecule has 0 spiro atoms. The second kappa shape index (κ2) is 6.22. The van der Waals surface area contributed by atoms with Crippen LogP contribution < -0.4 is 4.74 Å². The lowest BCUT2D eigenvalue weighted by Crippen LogP contribution is -2.24. The molecular weight excluding hydrogens is 328 g/mol. The maximum atomic E-state index is 5.99. The molecular formula is C17H21BrN2O. The van der Waals surface area contributed by atoms with Gasteiger partial charge in [0.1, 0.15) is 10.4 Å². The fraction of sp³-hybridized carbons (Fsp3) is 0.471. The second-order valence-corrected chi connectivity index (χ2v) is 6.95. The van der Waals surface area contributed by atoms with Gasteiger partial charge < -0.3 is 4.74 Å². The lowest BCUT2D eigenvalue weighted by Gasteiger charge is -2.26. The maximum Gasteiger partial charge on any atom is 0.128 e. The molecule has 0 bridgehead atoms. The average molecular weight is 349 g/mol. The first-order valence-electron chi connectivity index (χ1n) is 7.63. The van der Waals surface area contributed by atoms with Crippen LogP contribution in [0.5, 0.6) is 5.75 Å². The molecule has 3 nitrogen and oxygen atoms in total. The smallest absolute Gasteiger partial charge is 0.128 e. The summed E-state index contributed by atoms with van der Waals surface area (Å²) in [5.41, 5.74) is 2.28. The summed E-state index contributed by atoms with van der Waals surface area (Å²) < 4.78 is 8.88. The average Bonchev–Trinajstić information content (AvgIpc) is 2.74. The van der Waals surface area contributed by atoms with E-state index in [0.29, 0.717) is 12.0 Å². The number of aromatic nitrogens is 2. The molecule has 0 atom stereocenters. The topological polar surface area (TPSA) is 27.1 Å². The van der Waals surface area contributed by atoms with Gasteiger partial charge in [-0.15, -0.1) is 0 Å². The summed E-state index contributed by atoms with van der Waals surface area (Å²) in [5, 5.41) is 4.57. The van der Waals surface area contributed by atoms with E-state index in [9.17, 15) is 0 Å². The standard InChI is InChI=1S/C17H21BrN2O/c1-12(2)9-14-11-17(18)19-20(14)13-5-3-8-16(10-13)21-15-6-4-7-15/h3,5,8,10-12,15H,4,6-7,9H2,1-2H3. The Morgan fingerprint density at radius 1 is 1.33 bits per heavy atom. The molecule has 0 radical (unpaired) electrons. The van der Waals surface area contributed by atoms with Gasteiger partial charge in [-0.2, -0.15) is 5.10 Å². The summed E-state index contributed by atoms with van der Waals surface area (Å²) in [7, 11) is 0. The molecule has 1 fully saturated rings. The van der Waals surface area contributed by atoms with Gasteiger partial charge in [-0.3, -0.25) is 0 Å². The van der Waals surface area contributed by atoms with Crippen molar-refractivity contribution < 1.29 is 4.74 Å². The normalized spacial score (nSPS) is 15.2. The molecule has 1 heterocycles. The monoisotopic (exact) mass is 348 g/mol. The van der Waals surface area contributed by atoms with E-state index in [2.05, 4.69) is 53.1 Å². The highest BCUT2D eigenvalue weighted by atomic mass is 79.9. The minimum atomic E-state index is 0.403. The van der Waals surface area contributed by atoms with Crippen molar-refractivity contribution in [2.24, 2.45) is 5.92 Å². The summed E-state index contributed by atoms with van der Waals surface area (Å²) in [5.74, 6) is 1.54. The number of ether oxygens (including phenoxy) is 1. The molecule has 1 aliphatic carbocycles. The molecule has 0 unspecified atom stereocenters. The molecule has 4 heteroatoms. The summed E-state index contributed by atoms with van der Waals surface area (Å²) in [6, 6.07) is 10.3. The van der Waals surface area contributed by atoms with Crippen molar-refractivity contribution >= 4 is 15.9 Å². The molecule has 1 aromatic carbocycles. The summed E-state index contributed by atoms with van der Waals surface area (Å²) >= 11 is 3.49. The van der Waals surface area contributed by atoms with Crippen LogP contribution in [0, 0.1) is 5.92 Å². The van der Waals surface area contributed by atoms with Crippen molar-refractivity contribution in [3.63, 3.8) is 0 Å². The fourth-order valence-electron chi connectivity index (χ4n) is 2.54. The predicted molar refractivity (Wildman–Crippen MR) is 88.1 cm³/mol. The van der Waals surface area contributed by atoms with Crippen molar-refractivity contribution in [1.82, 2.24) is 9.78 Å². The molecule has 1 saturated carbocycles. The molecule has 0 saturated heterocycles. The van der Waals surface area contributed by atoms with Crippen LogP contribution in [0.2, 0.25) is 0 Å². The van der Waals surface area contributed by atoms with E-state index in [1.165, 1.54) is 25.0 Å². The van der Waals surface area contributed by atoms with Gasteiger partial charge >= 0.3 is 0 Å². The van der Waals surface area contributed by atoms with Crippen LogP contribution in [-0.4, -0.2) is 15.9 Å². The number of nitrogens with zero attached hydrogens (tertiary/aromatic N) is 2. The summed E-state index contributed by atoms with van der Waals surface area (Å²) in [4.78, 5) is 0. The van der Waals surface area contributed by atoms with Crippen LogP contribution in [0.4, 0.5) is 0 Å². The minimum absolute atomic E-state index is 0.403. The van der Waals surface area contributed by atoms with E-state index in [1.807, 2.05) is 16.8 Å². The Labute approximate surface area is 134 Å². The summed E-state index contributed by atoms with van der Waals surface area (Å²) in [6.45, 7) is 4.45. The van der Waals surface area contributed by atoms with Gasteiger partial charge in [0.05, 0.1) is 11.8 Å². The Morgan fingerprint density at radius 3 is 2.81 bits per heavy atom. The van der Waals surface area contributed by atoms with Crippen molar-refractivity contribution in [3.8, 4) is 11.4 Å². The third kappa shape index (κ3) is 3.49. The number of hydrogen-bond donors (Lipinski definition) is 0. The quantitative estimate of drug-likeness (QED) is 0.778. The van der Waals surface area contributed by atoms with Gasteiger partial charge in [-0.1, -0.05) is 19.9 Å². The first-order valence-corrected chi connectivity index (χ1v) is 8.42. The van der Waals surface area contributed by atoms with E-state index in [-0.39, 0.29) is 0 Å². The van der Waals surface area contributed by atoms with Crippen LogP contribution in [-0.2, 0) is 6.42 Å². The zero-order valence-electron chi connectivity index (χ0n) is 12.6. The maximum absolute atomic E-state index is 5.99. The van der Waals surface area contributed by atoms with Gasteiger partial charge in [0.25, 0.3) is 0 Å². The lowest BCUT2D eigenvalue weighted by atomic mass is 9.96. The highest BCUT2D eigenvalue weighted by Crippen LogP contribution is 2.27. The van der Waals surface area contributed by atoms with E-state index >= 15 is 0 Å². The van der Waals surface area contributed by atoms with Crippen LogP contribution in [0.15, 0.2) is 34.9 Å². The van der Waals surface area contributed by atoms with Crippen molar-refractivity contribution in [2.45, 2.75) is 45.6 Å². The van der Waals surface area contributed by atoms with E-state index in [4.69, 9.17) is 4.74 Å². The third-order valence-corrected chi connectivity index (χ3v) is 4.18. The number of benzene rings is 1. The Balaban J connectivity index is 1.87. The molecule has 1 aliphatic rings. The van der Waals surface area contributed by atoms with Crippen LogP contribution in [0.3, 0.4) is 0 Å². The molecule has 0 N–H and O–H groups in total. The van der Waals surface area contributed by atoms with Crippen molar-refractivity contribution in [3.05, 3.63) is 40.6 Å². The van der Waals surface area contributed by atoms with Gasteiger partial charge in [-0.05, 0) is 65.7 Å². The molecule has 112 valence electrons. The van der Waals surface area contributed by atoms with E-state index in [1.54, 1.807) is 0 Å². The van der Waals surface area contributed by atoms with E-state index < -0.39 is 0 Å². The fourth-order valence-corrected chi connectivity index (χ4v) is 2.97. The zero-order chi connectivity index (χ0) is 14.8. The molecule has 2 aromatic rings. The van der Waals surface area contributed by atoms with Crippen LogP contribution >= 0.6 is 15.9 Å². The van der Waals surface area contributed by atoms with Gasteiger partial charge in [0.2, 0.25) is 0 Å². The molecule has 21 heavy (non-hydrogen) atoms. The number of halogens is 1. The number of hydrogen-bond acceptors (Lipinski definition) is 2. The third-order valence-electron chi connectivity index (χ3n) is 3.79. The Bertz CT molecular complexity index is 617. The Hall–Kier alpha value is -1.29. The van der Waals surface area contributed by atoms with Gasteiger partial charge in [-0.25, -0.2) is 4.68 Å². The summed E-state index contributed by atoms with van der Waals surface area (Å²) in [6.07, 6.45) is 5.05. The SMILES string of the molecule is CC(C)Cc1cc(Br)nn1-c1cccc(OC2CCC2)c1. The first kappa shape index (κ1) is 14.6. The Morgan fingerprint density at radius 2 is 2.14 bits per heavy atom. The molecule has 0 amide bonds. The highest BCUT2D eigenvalue weighted by molar-refractivity contribution is 9.10. The van der Waals surface area contributed by atoms with Gasteiger partial charge in [0.15, 0.2) is 0 Å². The first-order chi connectivity index (χ1) is 10.1. The number of rotatable bonds is 5. The molecule has 0 aliphatic heterocycles. The second-order valence-electron chi connectivity index (χ2n) is 6.14. The lowest BCUT2D eigenvalue weighted by molar-refractivity contribution is 0.120.